The standard InChI is InChI=1S/C20H15ClN2O3/c1-3-10-26-19-9-4-14(12-18(19)21)11-15(13-22)20(24)23-16-5-7-17(25-2)8-6-16/h1,4-9,11-12H,10H2,2H3,(H,23,24)/b15-11+. The zero-order valence-electron chi connectivity index (χ0n) is 14.0. The lowest BCUT2D eigenvalue weighted by Crippen LogP contribution is -2.13. The third kappa shape index (κ3) is 5.04. The lowest BCUT2D eigenvalue weighted by atomic mass is 10.1. The maximum atomic E-state index is 12.3. The first kappa shape index (κ1) is 18.9. The van der Waals surface area contributed by atoms with Crippen LogP contribution in [-0.2, 0) is 4.79 Å². The Labute approximate surface area is 156 Å². The Morgan fingerprint density at radius 2 is 2.04 bits per heavy atom. The van der Waals surface area contributed by atoms with Gasteiger partial charge in [-0.3, -0.25) is 4.79 Å². The van der Waals surface area contributed by atoms with E-state index in [9.17, 15) is 10.1 Å². The molecule has 0 heterocycles. The summed E-state index contributed by atoms with van der Waals surface area (Å²) in [5, 5.41) is 12.3. The summed E-state index contributed by atoms with van der Waals surface area (Å²) in [6, 6.07) is 13.6. The third-order valence-electron chi connectivity index (χ3n) is 3.29. The molecule has 1 amide bonds. The molecule has 2 rings (SSSR count). The van der Waals surface area contributed by atoms with Crippen molar-refractivity contribution in [3.63, 3.8) is 0 Å². The molecule has 1 N–H and O–H groups in total. The fourth-order valence-corrected chi connectivity index (χ4v) is 2.27. The highest BCUT2D eigenvalue weighted by molar-refractivity contribution is 6.32. The van der Waals surface area contributed by atoms with Crippen molar-refractivity contribution in [1.82, 2.24) is 0 Å². The van der Waals surface area contributed by atoms with Crippen LogP contribution in [0.4, 0.5) is 5.69 Å². The molecule has 0 radical (unpaired) electrons. The Morgan fingerprint density at radius 3 is 2.62 bits per heavy atom. The highest BCUT2D eigenvalue weighted by Crippen LogP contribution is 2.26. The Kier molecular flexibility index (Phi) is 6.68. The van der Waals surface area contributed by atoms with Crippen LogP contribution >= 0.6 is 11.6 Å². The molecule has 0 fully saturated rings. The summed E-state index contributed by atoms with van der Waals surface area (Å²) in [6.45, 7) is 0.0998. The molecule has 6 heteroatoms. The molecule has 0 aliphatic rings. The van der Waals surface area contributed by atoms with Crippen molar-refractivity contribution in [2.75, 3.05) is 19.0 Å². The van der Waals surface area contributed by atoms with Crippen LogP contribution in [0.5, 0.6) is 11.5 Å². The molecular weight excluding hydrogens is 352 g/mol. The lowest BCUT2D eigenvalue weighted by Gasteiger charge is -2.07. The molecule has 0 aromatic heterocycles. The van der Waals surface area contributed by atoms with Crippen LogP contribution in [-0.4, -0.2) is 19.6 Å². The van der Waals surface area contributed by atoms with Crippen LogP contribution in [0, 0.1) is 23.7 Å². The van der Waals surface area contributed by atoms with E-state index in [0.717, 1.165) is 0 Å². The molecule has 0 spiro atoms. The van der Waals surface area contributed by atoms with Crippen molar-refractivity contribution in [3.05, 3.63) is 58.6 Å². The topological polar surface area (TPSA) is 71.3 Å². The molecule has 0 atom stereocenters. The molecule has 0 aliphatic carbocycles. The number of methoxy groups -OCH3 is 1. The van der Waals surface area contributed by atoms with E-state index in [4.69, 9.17) is 27.5 Å². The molecule has 0 saturated carbocycles. The number of rotatable bonds is 6. The summed E-state index contributed by atoms with van der Waals surface area (Å²) in [5.74, 6) is 2.92. The van der Waals surface area contributed by atoms with Gasteiger partial charge >= 0.3 is 0 Å². The Hall–Kier alpha value is -3.41. The number of halogens is 1. The number of carbonyl (C=O) groups is 1. The smallest absolute Gasteiger partial charge is 0.266 e. The largest absolute Gasteiger partial charge is 0.497 e. The zero-order chi connectivity index (χ0) is 18.9. The van der Waals surface area contributed by atoms with Gasteiger partial charge in [0.25, 0.3) is 5.91 Å². The van der Waals surface area contributed by atoms with Gasteiger partial charge in [-0.05, 0) is 48.0 Å². The first-order valence-corrected chi connectivity index (χ1v) is 7.88. The number of nitrogens with one attached hydrogen (secondary N) is 1. The van der Waals surface area contributed by atoms with E-state index in [1.165, 1.54) is 6.08 Å². The van der Waals surface area contributed by atoms with E-state index in [1.807, 2.05) is 6.07 Å². The zero-order valence-corrected chi connectivity index (χ0v) is 14.7. The summed E-state index contributed by atoms with van der Waals surface area (Å²) in [6.07, 6.45) is 6.58. The van der Waals surface area contributed by atoms with Gasteiger partial charge in [-0.25, -0.2) is 0 Å². The molecule has 2 aromatic carbocycles. The summed E-state index contributed by atoms with van der Waals surface area (Å²) >= 11 is 6.11. The van der Waals surface area contributed by atoms with Crippen LogP contribution in [0.2, 0.25) is 5.02 Å². The second-order valence-corrected chi connectivity index (χ2v) is 5.44. The van der Waals surface area contributed by atoms with Crippen molar-refractivity contribution in [2.24, 2.45) is 0 Å². The van der Waals surface area contributed by atoms with E-state index < -0.39 is 5.91 Å². The minimum Gasteiger partial charge on any atom is -0.497 e. The van der Waals surface area contributed by atoms with Crippen molar-refractivity contribution in [1.29, 1.82) is 5.26 Å². The maximum Gasteiger partial charge on any atom is 0.266 e. The maximum absolute atomic E-state index is 12.3. The summed E-state index contributed by atoms with van der Waals surface area (Å²) < 4.78 is 10.3. The van der Waals surface area contributed by atoms with Crippen molar-refractivity contribution >= 4 is 29.3 Å². The first-order valence-electron chi connectivity index (χ1n) is 7.50. The number of nitrogens with zero attached hydrogens (tertiary/aromatic N) is 1. The lowest BCUT2D eigenvalue weighted by molar-refractivity contribution is -0.112. The van der Waals surface area contributed by atoms with Crippen molar-refractivity contribution in [3.8, 4) is 29.9 Å². The van der Waals surface area contributed by atoms with E-state index in [-0.39, 0.29) is 12.2 Å². The number of nitriles is 1. The number of amides is 1. The summed E-state index contributed by atoms with van der Waals surface area (Å²) in [7, 11) is 1.55. The average molecular weight is 367 g/mol. The number of ether oxygens (including phenoxy) is 2. The number of hydrogen-bond acceptors (Lipinski definition) is 4. The summed E-state index contributed by atoms with van der Waals surface area (Å²) in [4.78, 5) is 12.3. The molecule has 0 aliphatic heterocycles. The number of hydrogen-bond donors (Lipinski definition) is 1. The van der Waals surface area contributed by atoms with Gasteiger partial charge < -0.3 is 14.8 Å². The number of benzene rings is 2. The summed E-state index contributed by atoms with van der Waals surface area (Å²) in [5.41, 5.74) is 1.08. The van der Waals surface area contributed by atoms with Crippen molar-refractivity contribution in [2.45, 2.75) is 0 Å². The molecule has 0 bridgehead atoms. The van der Waals surface area contributed by atoms with E-state index in [2.05, 4.69) is 11.2 Å². The molecule has 0 saturated heterocycles. The van der Waals surface area contributed by atoms with Gasteiger partial charge in [-0.2, -0.15) is 5.26 Å². The highest BCUT2D eigenvalue weighted by Gasteiger charge is 2.10. The van der Waals surface area contributed by atoms with Crippen LogP contribution in [0.25, 0.3) is 6.08 Å². The van der Waals surface area contributed by atoms with Gasteiger partial charge in [-0.15, -0.1) is 6.42 Å². The van der Waals surface area contributed by atoms with Gasteiger partial charge in [-0.1, -0.05) is 23.6 Å². The van der Waals surface area contributed by atoms with Gasteiger partial charge in [0.2, 0.25) is 0 Å². The third-order valence-corrected chi connectivity index (χ3v) is 3.59. The highest BCUT2D eigenvalue weighted by atomic mass is 35.5. The average Bonchev–Trinajstić information content (AvgIpc) is 2.66. The van der Waals surface area contributed by atoms with Crippen LogP contribution in [0.1, 0.15) is 5.56 Å². The normalized spacial score (nSPS) is 10.4. The van der Waals surface area contributed by atoms with Crippen molar-refractivity contribution < 1.29 is 14.3 Å². The van der Waals surface area contributed by atoms with E-state index in [0.29, 0.717) is 27.8 Å². The van der Waals surface area contributed by atoms with Gasteiger partial charge in [0.15, 0.2) is 0 Å². The van der Waals surface area contributed by atoms with Crippen LogP contribution in [0.15, 0.2) is 48.0 Å². The Bertz CT molecular complexity index is 906. The van der Waals surface area contributed by atoms with Crippen LogP contribution < -0.4 is 14.8 Å². The van der Waals surface area contributed by atoms with Crippen LogP contribution in [0.3, 0.4) is 0 Å². The monoisotopic (exact) mass is 366 g/mol. The predicted octanol–water partition coefficient (Wildman–Crippen LogP) is 3.91. The SMILES string of the molecule is C#CCOc1ccc(/C=C(\C#N)C(=O)Nc2ccc(OC)cc2)cc1Cl. The first-order chi connectivity index (χ1) is 12.6. The van der Waals surface area contributed by atoms with Gasteiger partial charge in [0.1, 0.15) is 29.7 Å². The second-order valence-electron chi connectivity index (χ2n) is 5.04. The van der Waals surface area contributed by atoms with E-state index in [1.54, 1.807) is 49.6 Å². The number of anilines is 1. The second kappa shape index (κ2) is 9.17. The van der Waals surface area contributed by atoms with Gasteiger partial charge in [0.05, 0.1) is 12.1 Å². The predicted molar refractivity (Wildman–Crippen MR) is 101 cm³/mol. The molecule has 130 valence electrons. The fraction of sp³-hybridized carbons (Fsp3) is 0.100. The van der Waals surface area contributed by atoms with Gasteiger partial charge in [0, 0.05) is 5.69 Å². The Balaban J connectivity index is 2.15. The number of terminal acetylenes is 1. The minimum atomic E-state index is -0.526. The minimum absolute atomic E-state index is 0.0609. The molecule has 5 nitrogen and oxygen atoms in total. The quantitative estimate of drug-likeness (QED) is 0.478. The molecular formula is C20H15ClN2O3. The number of carbonyl (C=O) groups excluding carboxylic acids is 1. The molecule has 0 unspecified atom stereocenters. The fourth-order valence-electron chi connectivity index (χ4n) is 2.03. The van der Waals surface area contributed by atoms with E-state index >= 15 is 0 Å². The molecule has 26 heavy (non-hydrogen) atoms. The Morgan fingerprint density at radius 1 is 1.31 bits per heavy atom. The molecule has 2 aromatic rings.